The lowest BCUT2D eigenvalue weighted by atomic mass is 10.1. The van der Waals surface area contributed by atoms with Crippen molar-refractivity contribution in [3.63, 3.8) is 0 Å². The Kier molecular flexibility index (Phi) is 5.79. The first kappa shape index (κ1) is 21.3. The Morgan fingerprint density at radius 3 is 1.88 bits per heavy atom. The van der Waals surface area contributed by atoms with Gasteiger partial charge in [0.25, 0.3) is 17.7 Å². The fourth-order valence-corrected chi connectivity index (χ4v) is 3.44. The van der Waals surface area contributed by atoms with Crippen LogP contribution in [0, 0.1) is 13.8 Å². The van der Waals surface area contributed by atoms with E-state index in [-0.39, 0.29) is 16.6 Å². The Balaban J connectivity index is 1.47. The van der Waals surface area contributed by atoms with Gasteiger partial charge in [-0.2, -0.15) is 0 Å². The van der Waals surface area contributed by atoms with Crippen LogP contribution in [0.3, 0.4) is 0 Å². The third-order valence-electron chi connectivity index (χ3n) is 5.05. The number of amides is 3. The lowest BCUT2D eigenvalue weighted by Crippen LogP contribution is -2.32. The van der Waals surface area contributed by atoms with Gasteiger partial charge >= 0.3 is 0 Å². The van der Waals surface area contributed by atoms with Gasteiger partial charge in [0.2, 0.25) is 0 Å². The molecule has 0 spiro atoms. The number of anilines is 3. The zero-order valence-electron chi connectivity index (χ0n) is 17.5. The van der Waals surface area contributed by atoms with Crippen molar-refractivity contribution in [2.24, 2.45) is 0 Å². The number of carbonyl (C=O) groups is 3. The lowest BCUT2D eigenvalue weighted by Gasteiger charge is -2.15. The monoisotopic (exact) mass is 445 g/mol. The largest absolute Gasteiger partial charge is 0.350 e. The standard InChI is InChI=1S/C25H20ClN3O3/c1-15-3-9-19(10-4-15)28-23(30)17-7-11-18(12-8-17)27-22-21(26)24(31)29(25(22)32)20-13-5-16(2)6-14-20/h3-14,27H,1-2H3,(H,28,30). The first-order valence-corrected chi connectivity index (χ1v) is 10.3. The molecule has 0 radical (unpaired) electrons. The van der Waals surface area contributed by atoms with E-state index >= 15 is 0 Å². The van der Waals surface area contributed by atoms with Crippen LogP contribution in [0.1, 0.15) is 21.5 Å². The molecule has 3 aromatic rings. The van der Waals surface area contributed by atoms with Gasteiger partial charge in [0, 0.05) is 16.9 Å². The molecule has 0 aliphatic carbocycles. The molecule has 1 heterocycles. The molecule has 160 valence electrons. The van der Waals surface area contributed by atoms with E-state index in [1.165, 1.54) is 0 Å². The number of hydrogen-bond acceptors (Lipinski definition) is 4. The number of rotatable bonds is 5. The number of hydrogen-bond donors (Lipinski definition) is 2. The molecule has 3 aromatic carbocycles. The van der Waals surface area contributed by atoms with Crippen LogP contribution < -0.4 is 15.5 Å². The van der Waals surface area contributed by atoms with Crippen LogP contribution in [0.15, 0.2) is 83.5 Å². The number of imide groups is 1. The van der Waals surface area contributed by atoms with E-state index in [0.717, 1.165) is 16.0 Å². The van der Waals surface area contributed by atoms with Gasteiger partial charge in [-0.25, -0.2) is 4.90 Å². The van der Waals surface area contributed by atoms with Gasteiger partial charge in [0.05, 0.1) is 5.69 Å². The summed E-state index contributed by atoms with van der Waals surface area (Å²) in [5.74, 6) is -1.38. The lowest BCUT2D eigenvalue weighted by molar-refractivity contribution is -0.120. The van der Waals surface area contributed by atoms with Crippen molar-refractivity contribution in [1.29, 1.82) is 0 Å². The molecule has 0 saturated heterocycles. The van der Waals surface area contributed by atoms with Crippen molar-refractivity contribution in [2.75, 3.05) is 15.5 Å². The summed E-state index contributed by atoms with van der Waals surface area (Å²) < 4.78 is 0. The second-order valence-corrected chi connectivity index (χ2v) is 7.87. The SMILES string of the molecule is Cc1ccc(NC(=O)c2ccc(NC3=C(Cl)C(=O)N(c4ccc(C)cc4)C3=O)cc2)cc1. The fraction of sp³-hybridized carbons (Fsp3) is 0.0800. The molecule has 1 aliphatic rings. The predicted octanol–water partition coefficient (Wildman–Crippen LogP) is 4.99. The Labute approximate surface area is 190 Å². The molecule has 7 heteroatoms. The summed E-state index contributed by atoms with van der Waals surface area (Å²) in [5, 5.41) is 5.55. The highest BCUT2D eigenvalue weighted by Gasteiger charge is 2.38. The minimum absolute atomic E-state index is 0.00546. The molecule has 3 amide bonds. The summed E-state index contributed by atoms with van der Waals surface area (Å²) in [6.07, 6.45) is 0. The summed E-state index contributed by atoms with van der Waals surface area (Å²) >= 11 is 6.17. The smallest absolute Gasteiger partial charge is 0.283 e. The van der Waals surface area contributed by atoms with E-state index < -0.39 is 11.8 Å². The Hall–Kier alpha value is -3.90. The fourth-order valence-electron chi connectivity index (χ4n) is 3.23. The summed E-state index contributed by atoms with van der Waals surface area (Å²) in [6, 6.07) is 21.1. The van der Waals surface area contributed by atoms with Crippen molar-refractivity contribution in [3.8, 4) is 0 Å². The molecular weight excluding hydrogens is 426 g/mol. The van der Waals surface area contributed by atoms with Crippen LogP contribution in [-0.4, -0.2) is 17.7 Å². The van der Waals surface area contributed by atoms with Crippen molar-refractivity contribution in [3.05, 3.63) is 100 Å². The Morgan fingerprint density at radius 1 is 0.750 bits per heavy atom. The average molecular weight is 446 g/mol. The maximum Gasteiger partial charge on any atom is 0.283 e. The van der Waals surface area contributed by atoms with E-state index in [9.17, 15) is 14.4 Å². The van der Waals surface area contributed by atoms with Gasteiger partial charge in [-0.3, -0.25) is 14.4 Å². The van der Waals surface area contributed by atoms with Crippen LogP contribution in [0.2, 0.25) is 0 Å². The number of halogens is 1. The molecule has 0 bridgehead atoms. The molecule has 32 heavy (non-hydrogen) atoms. The van der Waals surface area contributed by atoms with Crippen molar-refractivity contribution >= 4 is 46.4 Å². The molecule has 1 aliphatic heterocycles. The minimum atomic E-state index is -0.586. The highest BCUT2D eigenvalue weighted by molar-refractivity contribution is 6.53. The van der Waals surface area contributed by atoms with Crippen molar-refractivity contribution in [1.82, 2.24) is 0 Å². The maximum absolute atomic E-state index is 12.9. The molecule has 6 nitrogen and oxygen atoms in total. The van der Waals surface area contributed by atoms with Gasteiger partial charge in [-0.1, -0.05) is 47.0 Å². The molecule has 0 aromatic heterocycles. The van der Waals surface area contributed by atoms with Crippen LogP contribution in [0.5, 0.6) is 0 Å². The van der Waals surface area contributed by atoms with Crippen LogP contribution >= 0.6 is 11.6 Å². The number of carbonyl (C=O) groups excluding carboxylic acids is 3. The topological polar surface area (TPSA) is 78.5 Å². The zero-order chi connectivity index (χ0) is 22.8. The predicted molar refractivity (Wildman–Crippen MR) is 126 cm³/mol. The Morgan fingerprint density at radius 2 is 1.28 bits per heavy atom. The first-order valence-electron chi connectivity index (χ1n) is 9.94. The summed E-state index contributed by atoms with van der Waals surface area (Å²) in [5.41, 5.74) is 4.23. The second-order valence-electron chi connectivity index (χ2n) is 7.49. The number of aryl methyl sites for hydroxylation is 2. The number of nitrogens with one attached hydrogen (secondary N) is 2. The Bertz CT molecular complexity index is 1230. The zero-order valence-corrected chi connectivity index (χ0v) is 18.2. The van der Waals surface area contributed by atoms with Crippen molar-refractivity contribution in [2.45, 2.75) is 13.8 Å². The molecule has 4 rings (SSSR count). The van der Waals surface area contributed by atoms with Crippen LogP contribution in [0.25, 0.3) is 0 Å². The van der Waals surface area contributed by atoms with Crippen LogP contribution in [0.4, 0.5) is 17.1 Å². The van der Waals surface area contributed by atoms with Crippen LogP contribution in [-0.2, 0) is 9.59 Å². The molecule has 0 atom stereocenters. The molecule has 0 fully saturated rings. The summed E-state index contributed by atoms with van der Waals surface area (Å²) in [7, 11) is 0. The van der Waals surface area contributed by atoms with E-state index in [1.807, 2.05) is 50.2 Å². The quantitative estimate of drug-likeness (QED) is 0.542. The highest BCUT2D eigenvalue weighted by Crippen LogP contribution is 2.30. The van der Waals surface area contributed by atoms with E-state index in [2.05, 4.69) is 10.6 Å². The molecule has 2 N–H and O–H groups in total. The molecule has 0 unspecified atom stereocenters. The number of nitrogens with zero attached hydrogens (tertiary/aromatic N) is 1. The van der Waals surface area contributed by atoms with E-state index in [1.54, 1.807) is 36.4 Å². The van der Waals surface area contributed by atoms with Gasteiger partial charge in [-0.05, 0) is 62.4 Å². The van der Waals surface area contributed by atoms with E-state index in [0.29, 0.717) is 22.6 Å². The van der Waals surface area contributed by atoms with Crippen molar-refractivity contribution < 1.29 is 14.4 Å². The first-order chi connectivity index (χ1) is 15.3. The minimum Gasteiger partial charge on any atom is -0.350 e. The van der Waals surface area contributed by atoms with Gasteiger partial charge in [-0.15, -0.1) is 0 Å². The third-order valence-corrected chi connectivity index (χ3v) is 5.40. The van der Waals surface area contributed by atoms with Gasteiger partial charge in [0.15, 0.2) is 0 Å². The second kappa shape index (κ2) is 8.69. The van der Waals surface area contributed by atoms with Gasteiger partial charge < -0.3 is 10.6 Å². The van der Waals surface area contributed by atoms with E-state index in [4.69, 9.17) is 11.6 Å². The average Bonchev–Trinajstić information content (AvgIpc) is 3.00. The summed E-state index contributed by atoms with van der Waals surface area (Å²) in [4.78, 5) is 38.9. The summed E-state index contributed by atoms with van der Waals surface area (Å²) in [6.45, 7) is 3.89. The molecular formula is C25H20ClN3O3. The normalized spacial score (nSPS) is 13.5. The molecule has 0 saturated carbocycles. The highest BCUT2D eigenvalue weighted by atomic mass is 35.5. The third kappa shape index (κ3) is 4.26. The number of benzene rings is 3. The maximum atomic E-state index is 12.9. The van der Waals surface area contributed by atoms with Gasteiger partial charge in [0.1, 0.15) is 10.7 Å².